The van der Waals surface area contributed by atoms with Gasteiger partial charge in [0.1, 0.15) is 5.82 Å². The van der Waals surface area contributed by atoms with Crippen LogP contribution < -0.4 is 10.0 Å². The number of carbonyl (C=O) groups is 1. The highest BCUT2D eigenvalue weighted by molar-refractivity contribution is 7.92. The van der Waals surface area contributed by atoms with Gasteiger partial charge in [-0.05, 0) is 43.3 Å². The van der Waals surface area contributed by atoms with Crippen LogP contribution in [0.15, 0.2) is 59.6 Å². The fraction of sp³-hybridized carbons (Fsp3) is 0.118. The molecule has 0 aliphatic rings. The van der Waals surface area contributed by atoms with Crippen molar-refractivity contribution in [3.63, 3.8) is 0 Å². The number of rotatable bonds is 5. The van der Waals surface area contributed by atoms with Crippen molar-refractivity contribution in [1.29, 1.82) is 0 Å². The summed E-state index contributed by atoms with van der Waals surface area (Å²) >= 11 is 0. The van der Waals surface area contributed by atoms with E-state index in [1.54, 1.807) is 37.4 Å². The summed E-state index contributed by atoms with van der Waals surface area (Å²) in [5, 5.41) is 6.88. The van der Waals surface area contributed by atoms with E-state index >= 15 is 0 Å². The minimum atomic E-state index is -3.83. The van der Waals surface area contributed by atoms with E-state index in [0.29, 0.717) is 17.2 Å². The molecule has 0 saturated carbocycles. The summed E-state index contributed by atoms with van der Waals surface area (Å²) in [6.45, 7) is 3.15. The number of aromatic nitrogens is 3. The number of carbonyl (C=O) groups excluding carboxylic acids is 1. The normalized spacial score (nSPS) is 11.2. The van der Waals surface area contributed by atoms with Gasteiger partial charge in [-0.1, -0.05) is 6.07 Å². The molecule has 134 valence electrons. The Labute approximate surface area is 150 Å². The molecule has 0 atom stereocenters. The SMILES string of the molecule is CC(=O)Nc1ccc(S(=O)(=O)Nc2cc(C)nn2-c2ccccn2)cc1. The molecule has 1 aromatic carbocycles. The van der Waals surface area contributed by atoms with Crippen LogP contribution in [0.2, 0.25) is 0 Å². The Balaban J connectivity index is 1.90. The Kier molecular flexibility index (Phi) is 4.72. The van der Waals surface area contributed by atoms with Gasteiger partial charge in [0, 0.05) is 24.9 Å². The summed E-state index contributed by atoms with van der Waals surface area (Å²) in [5.74, 6) is 0.555. The maximum absolute atomic E-state index is 12.7. The minimum Gasteiger partial charge on any atom is -0.326 e. The average Bonchev–Trinajstić information content (AvgIpc) is 2.95. The van der Waals surface area contributed by atoms with Crippen molar-refractivity contribution in [2.75, 3.05) is 10.0 Å². The summed E-state index contributed by atoms with van der Waals surface area (Å²) in [6, 6.07) is 12.8. The third kappa shape index (κ3) is 3.89. The van der Waals surface area contributed by atoms with Gasteiger partial charge in [0.15, 0.2) is 5.82 Å². The Morgan fingerprint density at radius 3 is 2.46 bits per heavy atom. The van der Waals surface area contributed by atoms with Crippen LogP contribution >= 0.6 is 0 Å². The lowest BCUT2D eigenvalue weighted by atomic mass is 10.3. The molecule has 0 radical (unpaired) electrons. The van der Waals surface area contributed by atoms with Crippen molar-refractivity contribution >= 4 is 27.4 Å². The highest BCUT2D eigenvalue weighted by Crippen LogP contribution is 2.21. The molecule has 0 unspecified atom stereocenters. The van der Waals surface area contributed by atoms with E-state index in [-0.39, 0.29) is 16.6 Å². The topological polar surface area (TPSA) is 106 Å². The Bertz CT molecular complexity index is 1030. The molecule has 2 heterocycles. The zero-order valence-corrected chi connectivity index (χ0v) is 15.0. The second-order valence-corrected chi connectivity index (χ2v) is 7.26. The van der Waals surface area contributed by atoms with E-state index in [2.05, 4.69) is 20.1 Å². The predicted molar refractivity (Wildman–Crippen MR) is 97.7 cm³/mol. The average molecular weight is 371 g/mol. The predicted octanol–water partition coefficient (Wildman–Crippen LogP) is 2.33. The standard InChI is InChI=1S/C17H17N5O3S/c1-12-11-17(22(20-12)16-5-3-4-10-18-16)21-26(24,25)15-8-6-14(7-9-15)19-13(2)23/h3-11,21H,1-2H3,(H,19,23). The quantitative estimate of drug-likeness (QED) is 0.716. The van der Waals surface area contributed by atoms with Gasteiger partial charge < -0.3 is 5.32 Å². The minimum absolute atomic E-state index is 0.0676. The number of benzene rings is 1. The number of aryl methyl sites for hydroxylation is 1. The number of amides is 1. The molecule has 2 N–H and O–H groups in total. The van der Waals surface area contributed by atoms with Crippen LogP contribution in [0.5, 0.6) is 0 Å². The van der Waals surface area contributed by atoms with Crippen LogP contribution in [-0.4, -0.2) is 29.1 Å². The Hall–Kier alpha value is -3.20. The summed E-state index contributed by atoms with van der Waals surface area (Å²) in [5.41, 5.74) is 1.17. The Morgan fingerprint density at radius 1 is 1.12 bits per heavy atom. The van der Waals surface area contributed by atoms with Crippen LogP contribution in [0.3, 0.4) is 0 Å². The molecule has 0 aliphatic heterocycles. The zero-order chi connectivity index (χ0) is 18.7. The zero-order valence-electron chi connectivity index (χ0n) is 14.2. The van der Waals surface area contributed by atoms with Crippen molar-refractivity contribution in [3.8, 4) is 5.82 Å². The number of pyridine rings is 1. The maximum Gasteiger partial charge on any atom is 0.263 e. The van der Waals surface area contributed by atoms with Crippen molar-refractivity contribution in [3.05, 3.63) is 60.4 Å². The second kappa shape index (κ2) is 6.96. The molecular weight excluding hydrogens is 354 g/mol. The first-order valence-corrected chi connectivity index (χ1v) is 9.22. The molecule has 1 amide bonds. The smallest absolute Gasteiger partial charge is 0.263 e. The molecule has 0 fully saturated rings. The lowest BCUT2D eigenvalue weighted by Gasteiger charge is -2.10. The third-order valence-electron chi connectivity index (χ3n) is 3.42. The van der Waals surface area contributed by atoms with Crippen molar-refractivity contribution in [1.82, 2.24) is 14.8 Å². The molecule has 0 spiro atoms. The summed E-state index contributed by atoms with van der Waals surface area (Å²) in [7, 11) is -3.83. The number of nitrogens with zero attached hydrogens (tertiary/aromatic N) is 3. The fourth-order valence-corrected chi connectivity index (χ4v) is 3.38. The van der Waals surface area contributed by atoms with Gasteiger partial charge in [-0.15, -0.1) is 0 Å². The van der Waals surface area contributed by atoms with Crippen LogP contribution in [0.1, 0.15) is 12.6 Å². The van der Waals surface area contributed by atoms with Crippen molar-refractivity contribution in [2.45, 2.75) is 18.7 Å². The highest BCUT2D eigenvalue weighted by atomic mass is 32.2. The van der Waals surface area contributed by atoms with Gasteiger partial charge in [-0.2, -0.15) is 9.78 Å². The molecule has 8 nitrogen and oxygen atoms in total. The van der Waals surface area contributed by atoms with Crippen molar-refractivity contribution in [2.24, 2.45) is 0 Å². The van der Waals surface area contributed by atoms with Crippen LogP contribution in [0, 0.1) is 6.92 Å². The molecule has 9 heteroatoms. The largest absolute Gasteiger partial charge is 0.326 e. The molecule has 3 aromatic rings. The van der Waals surface area contributed by atoms with Gasteiger partial charge in [-0.25, -0.2) is 13.4 Å². The van der Waals surface area contributed by atoms with Gasteiger partial charge in [-0.3, -0.25) is 9.52 Å². The van der Waals surface area contributed by atoms with E-state index in [1.165, 1.54) is 35.9 Å². The number of hydrogen-bond acceptors (Lipinski definition) is 5. The van der Waals surface area contributed by atoms with Gasteiger partial charge in [0.25, 0.3) is 10.0 Å². The van der Waals surface area contributed by atoms with E-state index in [4.69, 9.17) is 0 Å². The van der Waals surface area contributed by atoms with Gasteiger partial charge in [0.05, 0.1) is 10.6 Å². The monoisotopic (exact) mass is 371 g/mol. The Morgan fingerprint density at radius 2 is 1.85 bits per heavy atom. The number of anilines is 2. The number of hydrogen-bond donors (Lipinski definition) is 2. The summed E-state index contributed by atoms with van der Waals surface area (Å²) in [4.78, 5) is 15.3. The molecule has 0 bridgehead atoms. The fourth-order valence-electron chi connectivity index (χ4n) is 2.34. The highest BCUT2D eigenvalue weighted by Gasteiger charge is 2.18. The van der Waals surface area contributed by atoms with Crippen LogP contribution in [0.25, 0.3) is 5.82 Å². The molecular formula is C17H17N5O3S. The molecule has 0 saturated heterocycles. The third-order valence-corrected chi connectivity index (χ3v) is 4.79. The molecule has 0 aliphatic carbocycles. The first-order chi connectivity index (χ1) is 12.3. The van der Waals surface area contributed by atoms with Gasteiger partial charge in [0.2, 0.25) is 5.91 Å². The van der Waals surface area contributed by atoms with E-state index < -0.39 is 10.0 Å². The molecule has 3 rings (SSSR count). The lowest BCUT2D eigenvalue weighted by Crippen LogP contribution is -2.16. The first-order valence-electron chi connectivity index (χ1n) is 7.74. The van der Waals surface area contributed by atoms with Crippen LogP contribution in [-0.2, 0) is 14.8 Å². The first kappa shape index (κ1) is 17.6. The van der Waals surface area contributed by atoms with E-state index in [9.17, 15) is 13.2 Å². The summed E-state index contributed by atoms with van der Waals surface area (Å²) in [6.07, 6.45) is 1.60. The van der Waals surface area contributed by atoms with E-state index in [0.717, 1.165) is 0 Å². The van der Waals surface area contributed by atoms with Crippen molar-refractivity contribution < 1.29 is 13.2 Å². The van der Waals surface area contributed by atoms with Crippen LogP contribution in [0.4, 0.5) is 11.5 Å². The number of sulfonamides is 1. The number of nitrogens with one attached hydrogen (secondary N) is 2. The maximum atomic E-state index is 12.7. The molecule has 26 heavy (non-hydrogen) atoms. The summed E-state index contributed by atoms with van der Waals surface area (Å²) < 4.78 is 29.3. The second-order valence-electron chi connectivity index (χ2n) is 5.58. The lowest BCUT2D eigenvalue weighted by molar-refractivity contribution is -0.114. The van der Waals surface area contributed by atoms with E-state index in [1.807, 2.05) is 0 Å². The molecule has 2 aromatic heterocycles. The van der Waals surface area contributed by atoms with Gasteiger partial charge >= 0.3 is 0 Å².